The molecule has 0 radical (unpaired) electrons. The van der Waals surface area contributed by atoms with Crippen LogP contribution in [0.3, 0.4) is 0 Å². The van der Waals surface area contributed by atoms with Gasteiger partial charge in [0.25, 0.3) is 5.91 Å². The van der Waals surface area contributed by atoms with Crippen LogP contribution in [0.2, 0.25) is 0 Å². The van der Waals surface area contributed by atoms with Gasteiger partial charge in [-0.25, -0.2) is 0 Å². The molecule has 3 rings (SSSR count). The highest BCUT2D eigenvalue weighted by Crippen LogP contribution is 2.29. The summed E-state index contributed by atoms with van der Waals surface area (Å²) in [6, 6.07) is 4.39. The Morgan fingerprint density at radius 3 is 2.17 bits per heavy atom. The molecule has 0 aromatic heterocycles. The molecule has 1 saturated heterocycles. The molecule has 1 aliphatic heterocycles. The van der Waals surface area contributed by atoms with Gasteiger partial charge in [0.2, 0.25) is 5.91 Å². The maximum Gasteiger partial charge on any atom is 0.416 e. The van der Waals surface area contributed by atoms with E-state index >= 15 is 0 Å². The monoisotopic (exact) mass is 410 g/mol. The van der Waals surface area contributed by atoms with Crippen LogP contribution in [-0.4, -0.2) is 35.8 Å². The van der Waals surface area contributed by atoms with Crippen molar-refractivity contribution >= 4 is 11.8 Å². The number of alkyl halides is 3. The Bertz CT molecular complexity index is 689. The normalized spacial score (nSPS) is 19.2. The van der Waals surface area contributed by atoms with E-state index in [1.165, 1.54) is 44.2 Å². The third-order valence-electron chi connectivity index (χ3n) is 6.11. The van der Waals surface area contributed by atoms with E-state index in [0.717, 1.165) is 18.6 Å². The van der Waals surface area contributed by atoms with Crippen molar-refractivity contribution in [1.29, 1.82) is 0 Å². The topological polar surface area (TPSA) is 49.4 Å². The zero-order chi connectivity index (χ0) is 20.9. The molecule has 0 atom stereocenters. The van der Waals surface area contributed by atoms with Crippen molar-refractivity contribution in [3.8, 4) is 0 Å². The fraction of sp³-hybridized carbons (Fsp3) is 0.636. The van der Waals surface area contributed by atoms with Crippen molar-refractivity contribution in [2.75, 3.05) is 13.1 Å². The molecule has 0 spiro atoms. The van der Waals surface area contributed by atoms with Gasteiger partial charge in [-0.2, -0.15) is 13.2 Å². The van der Waals surface area contributed by atoms with Crippen LogP contribution in [0.15, 0.2) is 24.3 Å². The van der Waals surface area contributed by atoms with Crippen molar-refractivity contribution in [1.82, 2.24) is 10.2 Å². The highest BCUT2D eigenvalue weighted by atomic mass is 19.4. The largest absolute Gasteiger partial charge is 0.416 e. The maximum atomic E-state index is 12.7. The highest BCUT2D eigenvalue weighted by Gasteiger charge is 2.31. The molecular formula is C22H29F3N2O2. The molecule has 1 aromatic rings. The summed E-state index contributed by atoms with van der Waals surface area (Å²) in [7, 11) is 0. The number of amides is 2. The minimum absolute atomic E-state index is 0.0607. The fourth-order valence-electron chi connectivity index (χ4n) is 4.32. The van der Waals surface area contributed by atoms with Crippen LogP contribution in [0.25, 0.3) is 0 Å². The number of likely N-dealkylation sites (tertiary alicyclic amines) is 1. The van der Waals surface area contributed by atoms with Crippen LogP contribution in [0, 0.1) is 5.92 Å². The first kappa shape index (κ1) is 21.7. The zero-order valence-corrected chi connectivity index (χ0v) is 16.6. The van der Waals surface area contributed by atoms with E-state index in [1.54, 1.807) is 4.90 Å². The Morgan fingerprint density at radius 2 is 1.59 bits per heavy atom. The standard InChI is InChI=1S/C22H29F3N2O2/c23-22(24,25)18-9-7-17(8-10-18)21(29)27-14-12-19(13-15-27)26-20(28)11-6-16-4-2-1-3-5-16/h7-10,16,19H,1-6,11-15H2,(H,26,28). The van der Waals surface area contributed by atoms with Gasteiger partial charge >= 0.3 is 6.18 Å². The molecule has 4 nitrogen and oxygen atoms in total. The van der Waals surface area contributed by atoms with Crippen molar-refractivity contribution in [3.63, 3.8) is 0 Å². The number of rotatable bonds is 5. The van der Waals surface area contributed by atoms with Gasteiger partial charge in [-0.3, -0.25) is 9.59 Å². The molecule has 0 bridgehead atoms. The molecule has 1 aliphatic carbocycles. The predicted molar refractivity (Wildman–Crippen MR) is 104 cm³/mol. The van der Waals surface area contributed by atoms with E-state index in [0.29, 0.717) is 38.3 Å². The minimum atomic E-state index is -4.41. The van der Waals surface area contributed by atoms with Gasteiger partial charge in [0.1, 0.15) is 0 Å². The molecule has 1 heterocycles. The van der Waals surface area contributed by atoms with Crippen molar-refractivity contribution < 1.29 is 22.8 Å². The molecule has 1 N–H and O–H groups in total. The van der Waals surface area contributed by atoms with E-state index in [-0.39, 0.29) is 23.4 Å². The number of nitrogens with one attached hydrogen (secondary N) is 1. The molecule has 29 heavy (non-hydrogen) atoms. The smallest absolute Gasteiger partial charge is 0.353 e. The third kappa shape index (κ3) is 6.21. The molecule has 1 aromatic carbocycles. The van der Waals surface area contributed by atoms with Gasteiger partial charge in [0.15, 0.2) is 0 Å². The lowest BCUT2D eigenvalue weighted by Crippen LogP contribution is -2.46. The SMILES string of the molecule is O=C(CCC1CCCCC1)NC1CCN(C(=O)c2ccc(C(F)(F)F)cc2)CC1. The number of carbonyl (C=O) groups excluding carboxylic acids is 2. The lowest BCUT2D eigenvalue weighted by Gasteiger charge is -2.32. The summed E-state index contributed by atoms with van der Waals surface area (Å²) in [4.78, 5) is 26.4. The summed E-state index contributed by atoms with van der Waals surface area (Å²) in [5.74, 6) is 0.501. The van der Waals surface area contributed by atoms with Crippen LogP contribution in [-0.2, 0) is 11.0 Å². The Balaban J connectivity index is 1.41. The molecular weight excluding hydrogens is 381 g/mol. The van der Waals surface area contributed by atoms with Crippen LogP contribution >= 0.6 is 0 Å². The number of nitrogens with zero attached hydrogens (tertiary/aromatic N) is 1. The van der Waals surface area contributed by atoms with Crippen LogP contribution in [0.1, 0.15) is 73.7 Å². The van der Waals surface area contributed by atoms with Gasteiger partial charge in [0.05, 0.1) is 5.56 Å². The van der Waals surface area contributed by atoms with E-state index in [9.17, 15) is 22.8 Å². The van der Waals surface area contributed by atoms with Crippen LogP contribution in [0.5, 0.6) is 0 Å². The maximum absolute atomic E-state index is 12.7. The average molecular weight is 410 g/mol. The minimum Gasteiger partial charge on any atom is -0.353 e. The lowest BCUT2D eigenvalue weighted by molar-refractivity contribution is -0.137. The first-order valence-electron chi connectivity index (χ1n) is 10.6. The number of piperidine rings is 1. The van der Waals surface area contributed by atoms with Gasteiger partial charge in [-0.1, -0.05) is 32.1 Å². The molecule has 0 unspecified atom stereocenters. The second-order valence-electron chi connectivity index (χ2n) is 8.25. The lowest BCUT2D eigenvalue weighted by atomic mass is 9.86. The Hall–Kier alpha value is -2.05. The summed E-state index contributed by atoms with van der Waals surface area (Å²) in [6.07, 6.45) is 4.78. The molecule has 2 aliphatic rings. The molecule has 160 valence electrons. The van der Waals surface area contributed by atoms with Crippen LogP contribution < -0.4 is 5.32 Å². The molecule has 1 saturated carbocycles. The molecule has 2 fully saturated rings. The number of hydrogen-bond donors (Lipinski definition) is 1. The van der Waals surface area contributed by atoms with Crippen LogP contribution in [0.4, 0.5) is 13.2 Å². The number of benzene rings is 1. The van der Waals surface area contributed by atoms with E-state index in [4.69, 9.17) is 0 Å². The van der Waals surface area contributed by atoms with E-state index in [1.807, 2.05) is 0 Å². The van der Waals surface area contributed by atoms with Gasteiger partial charge < -0.3 is 10.2 Å². The summed E-state index contributed by atoms with van der Waals surface area (Å²) in [5, 5.41) is 3.08. The summed E-state index contributed by atoms with van der Waals surface area (Å²) in [5.41, 5.74) is -0.503. The summed E-state index contributed by atoms with van der Waals surface area (Å²) in [6.45, 7) is 0.987. The Morgan fingerprint density at radius 1 is 0.966 bits per heavy atom. The van der Waals surface area contributed by atoms with Crippen molar-refractivity contribution in [3.05, 3.63) is 35.4 Å². The Kier molecular flexibility index (Phi) is 7.19. The summed E-state index contributed by atoms with van der Waals surface area (Å²) < 4.78 is 38.0. The fourth-order valence-corrected chi connectivity index (χ4v) is 4.32. The van der Waals surface area contributed by atoms with E-state index < -0.39 is 11.7 Å². The second-order valence-corrected chi connectivity index (χ2v) is 8.25. The molecule has 7 heteroatoms. The second kappa shape index (κ2) is 9.63. The number of carbonyl (C=O) groups is 2. The number of hydrogen-bond acceptors (Lipinski definition) is 2. The zero-order valence-electron chi connectivity index (χ0n) is 16.6. The van der Waals surface area contributed by atoms with Gasteiger partial charge in [0, 0.05) is 31.1 Å². The predicted octanol–water partition coefficient (Wildman–Crippen LogP) is 4.79. The first-order chi connectivity index (χ1) is 13.8. The average Bonchev–Trinajstić information content (AvgIpc) is 2.72. The molecule has 2 amide bonds. The van der Waals surface area contributed by atoms with Crippen molar-refractivity contribution in [2.45, 2.75) is 70.0 Å². The van der Waals surface area contributed by atoms with Crippen molar-refractivity contribution in [2.24, 2.45) is 5.92 Å². The third-order valence-corrected chi connectivity index (χ3v) is 6.11. The summed E-state index contributed by atoms with van der Waals surface area (Å²) >= 11 is 0. The first-order valence-corrected chi connectivity index (χ1v) is 10.6. The highest BCUT2D eigenvalue weighted by molar-refractivity contribution is 5.94. The number of halogens is 3. The van der Waals surface area contributed by atoms with E-state index in [2.05, 4.69) is 5.32 Å². The van der Waals surface area contributed by atoms with Gasteiger partial charge in [-0.15, -0.1) is 0 Å². The van der Waals surface area contributed by atoms with Gasteiger partial charge in [-0.05, 0) is 49.4 Å². The Labute approximate surface area is 169 Å². The quantitative estimate of drug-likeness (QED) is 0.759.